The average Bonchev–Trinajstić information content (AvgIpc) is 3.48. The van der Waals surface area contributed by atoms with E-state index < -0.39 is 16.0 Å². The van der Waals surface area contributed by atoms with Crippen LogP contribution in [0.15, 0.2) is 78.0 Å². The maximum absolute atomic E-state index is 13.0. The first kappa shape index (κ1) is 23.7. The van der Waals surface area contributed by atoms with Gasteiger partial charge in [-0.2, -0.15) is 0 Å². The summed E-state index contributed by atoms with van der Waals surface area (Å²) in [4.78, 5) is 31.9. The largest absolute Gasteiger partial charge is 0.465 e. The Morgan fingerprint density at radius 3 is 2.56 bits per heavy atom. The van der Waals surface area contributed by atoms with Crippen molar-refractivity contribution in [2.45, 2.75) is 11.4 Å². The normalized spacial score (nSPS) is 12.9. The topological polar surface area (TPSA) is 106 Å². The Kier molecular flexibility index (Phi) is 6.07. The van der Waals surface area contributed by atoms with Crippen LogP contribution in [0.5, 0.6) is 0 Å². The van der Waals surface area contributed by atoms with Crippen molar-refractivity contribution < 1.29 is 22.7 Å². The van der Waals surface area contributed by atoms with E-state index in [4.69, 9.17) is 4.74 Å². The molecule has 0 radical (unpaired) electrons. The van der Waals surface area contributed by atoms with Crippen LogP contribution in [0.3, 0.4) is 0 Å². The molecule has 2 aromatic carbocycles. The molecule has 0 bridgehead atoms. The molecule has 3 heterocycles. The van der Waals surface area contributed by atoms with Gasteiger partial charge in [-0.05, 0) is 53.6 Å². The van der Waals surface area contributed by atoms with Crippen molar-refractivity contribution in [3.8, 4) is 20.9 Å². The average molecular weight is 520 g/mol. The van der Waals surface area contributed by atoms with Crippen molar-refractivity contribution in [1.29, 1.82) is 0 Å². The zero-order valence-corrected chi connectivity index (χ0v) is 21.0. The fraction of sp³-hybridized carbons (Fsp3) is 0.115. The number of pyridine rings is 1. The highest BCUT2D eigenvalue weighted by Gasteiger charge is 2.25. The van der Waals surface area contributed by atoms with E-state index in [1.165, 1.54) is 31.5 Å². The van der Waals surface area contributed by atoms with Crippen molar-refractivity contribution in [3.05, 3.63) is 89.7 Å². The molecule has 1 aliphatic heterocycles. The summed E-state index contributed by atoms with van der Waals surface area (Å²) in [6, 6.07) is 17.3. The molecule has 8 nitrogen and oxygen atoms in total. The summed E-state index contributed by atoms with van der Waals surface area (Å²) >= 11 is 1.54. The molecule has 0 spiro atoms. The van der Waals surface area contributed by atoms with E-state index in [1.807, 2.05) is 30.3 Å². The van der Waals surface area contributed by atoms with Crippen LogP contribution in [-0.2, 0) is 21.3 Å². The lowest BCUT2D eigenvalue weighted by atomic mass is 10.1. The van der Waals surface area contributed by atoms with Crippen LogP contribution < -0.4 is 4.72 Å². The summed E-state index contributed by atoms with van der Waals surface area (Å²) in [5, 5.41) is 0. The molecule has 1 amide bonds. The molecule has 2 aromatic heterocycles. The first-order valence-corrected chi connectivity index (χ1v) is 13.2. The molecule has 0 saturated carbocycles. The maximum atomic E-state index is 13.0. The summed E-state index contributed by atoms with van der Waals surface area (Å²) in [7, 11) is -1.09. The second kappa shape index (κ2) is 9.21. The number of fused-ring (bicyclic) bond motifs is 1. The van der Waals surface area contributed by atoms with Crippen molar-refractivity contribution in [2.75, 3.05) is 18.9 Å². The lowest BCUT2D eigenvalue weighted by Gasteiger charge is -2.11. The molecule has 1 N–H and O–H groups in total. The van der Waals surface area contributed by atoms with Gasteiger partial charge >= 0.3 is 5.97 Å². The van der Waals surface area contributed by atoms with Crippen LogP contribution >= 0.6 is 11.3 Å². The van der Waals surface area contributed by atoms with E-state index in [0.29, 0.717) is 6.54 Å². The maximum Gasteiger partial charge on any atom is 0.339 e. The highest BCUT2D eigenvalue weighted by Crippen LogP contribution is 2.37. The van der Waals surface area contributed by atoms with Crippen molar-refractivity contribution in [3.63, 3.8) is 0 Å². The van der Waals surface area contributed by atoms with Crippen LogP contribution in [-0.4, -0.2) is 44.3 Å². The number of hydrogen-bond donors (Lipinski definition) is 1. The van der Waals surface area contributed by atoms with Gasteiger partial charge in [0.05, 0.1) is 24.6 Å². The minimum atomic E-state index is -4.07. The number of sulfonamides is 1. The van der Waals surface area contributed by atoms with Gasteiger partial charge in [-0.25, -0.2) is 13.2 Å². The molecule has 0 aliphatic carbocycles. The molecular weight excluding hydrogens is 498 g/mol. The van der Waals surface area contributed by atoms with E-state index in [9.17, 15) is 18.0 Å². The van der Waals surface area contributed by atoms with Gasteiger partial charge in [0.15, 0.2) is 0 Å². The Labute approximate surface area is 212 Å². The smallest absolute Gasteiger partial charge is 0.339 e. The summed E-state index contributed by atoms with van der Waals surface area (Å²) in [6.07, 6.45) is 3.07. The van der Waals surface area contributed by atoms with E-state index in [1.54, 1.807) is 41.6 Å². The molecule has 0 fully saturated rings. The minimum absolute atomic E-state index is 0.0305. The first-order chi connectivity index (χ1) is 17.3. The van der Waals surface area contributed by atoms with Gasteiger partial charge in [-0.15, -0.1) is 11.3 Å². The number of aromatic nitrogens is 1. The Balaban J connectivity index is 1.41. The second-order valence-electron chi connectivity index (χ2n) is 8.25. The Morgan fingerprint density at radius 1 is 1.03 bits per heavy atom. The fourth-order valence-electron chi connectivity index (χ4n) is 4.09. The molecule has 10 heteroatoms. The summed E-state index contributed by atoms with van der Waals surface area (Å²) in [6.45, 7) is 0.589. The monoisotopic (exact) mass is 519 g/mol. The fourth-order valence-corrected chi connectivity index (χ4v) is 6.30. The van der Waals surface area contributed by atoms with Crippen LogP contribution in [0.2, 0.25) is 0 Å². The van der Waals surface area contributed by atoms with Crippen molar-refractivity contribution in [1.82, 2.24) is 9.88 Å². The predicted octanol–water partition coefficient (Wildman–Crippen LogP) is 4.65. The number of amides is 1. The van der Waals surface area contributed by atoms with Crippen LogP contribution in [0.1, 0.15) is 26.3 Å². The molecule has 1 aliphatic rings. The minimum Gasteiger partial charge on any atom is -0.465 e. The van der Waals surface area contributed by atoms with Gasteiger partial charge in [0, 0.05) is 40.7 Å². The summed E-state index contributed by atoms with van der Waals surface area (Å²) in [5.41, 5.74) is 3.69. The number of carbonyl (C=O) groups excluding carboxylic acids is 2. The first-order valence-electron chi connectivity index (χ1n) is 10.9. The summed E-state index contributed by atoms with van der Waals surface area (Å²) in [5.74, 6) is -0.709. The molecule has 36 heavy (non-hydrogen) atoms. The van der Waals surface area contributed by atoms with Gasteiger partial charge in [-0.1, -0.05) is 18.2 Å². The van der Waals surface area contributed by atoms with Crippen LogP contribution in [0.25, 0.3) is 20.9 Å². The molecule has 5 rings (SSSR count). The number of nitrogens with one attached hydrogen (secondary N) is 1. The third-order valence-electron chi connectivity index (χ3n) is 5.84. The van der Waals surface area contributed by atoms with E-state index in [-0.39, 0.29) is 22.1 Å². The number of esters is 1. The molecule has 0 saturated heterocycles. The highest BCUT2D eigenvalue weighted by atomic mass is 32.2. The zero-order chi connectivity index (χ0) is 25.4. The van der Waals surface area contributed by atoms with Crippen LogP contribution in [0, 0.1) is 0 Å². The van der Waals surface area contributed by atoms with Gasteiger partial charge in [0.2, 0.25) is 0 Å². The Hall–Kier alpha value is -4.02. The van der Waals surface area contributed by atoms with E-state index >= 15 is 0 Å². The third kappa shape index (κ3) is 4.36. The number of hydrogen-bond acceptors (Lipinski definition) is 7. The highest BCUT2D eigenvalue weighted by molar-refractivity contribution is 7.92. The Morgan fingerprint density at radius 2 is 1.78 bits per heavy atom. The second-order valence-corrected chi connectivity index (χ2v) is 11.0. The zero-order valence-electron chi connectivity index (χ0n) is 19.4. The number of ether oxygens (including phenoxy) is 1. The van der Waals surface area contributed by atoms with E-state index in [0.717, 1.165) is 32.0 Å². The predicted molar refractivity (Wildman–Crippen MR) is 137 cm³/mol. The van der Waals surface area contributed by atoms with E-state index in [2.05, 4.69) is 9.71 Å². The lowest BCUT2D eigenvalue weighted by Crippen LogP contribution is -2.17. The number of nitrogens with zero attached hydrogens (tertiary/aromatic N) is 2. The summed E-state index contributed by atoms with van der Waals surface area (Å²) < 4.78 is 33.3. The number of thiophene rings is 1. The Bertz CT molecular complexity index is 1610. The van der Waals surface area contributed by atoms with Gasteiger partial charge in [-0.3, -0.25) is 14.5 Å². The van der Waals surface area contributed by atoms with Crippen molar-refractivity contribution in [2.24, 2.45) is 0 Å². The quantitative estimate of drug-likeness (QED) is 0.372. The lowest BCUT2D eigenvalue weighted by molar-refractivity contribution is 0.0596. The standard InChI is InChI=1S/C26H21N3O5S2/c1-29-15-18-11-16(7-8-20(18)25(29)30)22-9-10-23(35-22)17-12-19(14-27-13-17)28-36(32,33)24-6-4-3-5-21(24)26(31)34-2/h3-14,28H,15H2,1-2H3. The molecule has 182 valence electrons. The number of carbonyl (C=O) groups is 2. The molecule has 0 unspecified atom stereocenters. The van der Waals surface area contributed by atoms with Gasteiger partial charge < -0.3 is 9.64 Å². The number of rotatable bonds is 6. The van der Waals surface area contributed by atoms with Gasteiger partial charge in [0.25, 0.3) is 15.9 Å². The van der Waals surface area contributed by atoms with Gasteiger partial charge in [0.1, 0.15) is 4.90 Å². The third-order valence-corrected chi connectivity index (χ3v) is 8.46. The number of methoxy groups -OCH3 is 1. The SMILES string of the molecule is COC(=O)c1ccccc1S(=O)(=O)Nc1cncc(-c2ccc(-c3ccc4c(c3)CN(C)C4=O)s2)c1. The molecular formula is C26H21N3O5S2. The molecule has 4 aromatic rings. The number of benzene rings is 2. The number of anilines is 1. The van der Waals surface area contributed by atoms with Crippen LogP contribution in [0.4, 0.5) is 5.69 Å². The van der Waals surface area contributed by atoms with Crippen molar-refractivity contribution >= 4 is 38.9 Å². The molecule has 0 atom stereocenters.